The maximum Gasteiger partial charge on any atom is 0.258 e. The number of carbonyl (C=O) groups excluding carboxylic acids is 1. The van der Waals surface area contributed by atoms with Gasteiger partial charge in [-0.1, -0.05) is 63.9 Å². The molecule has 0 fully saturated rings. The summed E-state index contributed by atoms with van der Waals surface area (Å²) in [7, 11) is 0. The third-order valence-electron chi connectivity index (χ3n) is 5.09. The Labute approximate surface area is 212 Å². The molecule has 1 aromatic heterocycles. The monoisotopic (exact) mass is 551 g/mol. The Morgan fingerprint density at radius 1 is 0.970 bits per heavy atom. The van der Waals surface area contributed by atoms with Gasteiger partial charge < -0.3 is 5.32 Å². The predicted molar refractivity (Wildman–Crippen MR) is 145 cm³/mol. The zero-order chi connectivity index (χ0) is 22.9. The minimum Gasteiger partial charge on any atom is -0.332 e. The molecular formula is C25H15BrClN3OS2. The lowest BCUT2D eigenvalue weighted by Gasteiger charge is -2.12. The lowest BCUT2D eigenvalue weighted by Crippen LogP contribution is -2.34. The standard InChI is InChI=1S/C25H15BrClN3OS2/c26-19-8-4-5-15-16(19)6-3-7-17(15)23(31)30-25(32)28-14-11-12-18(20(27)13-14)24-29-21-9-1-2-10-22(21)33-24/h1-13H,(H2,28,30,31,32). The van der Waals surface area contributed by atoms with Gasteiger partial charge in [-0.15, -0.1) is 11.3 Å². The number of para-hydroxylation sites is 1. The van der Waals surface area contributed by atoms with Crippen molar-refractivity contribution in [2.75, 3.05) is 5.32 Å². The second-order valence-electron chi connectivity index (χ2n) is 7.23. The minimum atomic E-state index is -0.284. The second-order valence-corrected chi connectivity index (χ2v) is 9.93. The van der Waals surface area contributed by atoms with Gasteiger partial charge in [-0.25, -0.2) is 4.98 Å². The molecule has 2 N–H and O–H groups in total. The van der Waals surface area contributed by atoms with Crippen LogP contribution in [0.15, 0.2) is 83.3 Å². The minimum absolute atomic E-state index is 0.191. The van der Waals surface area contributed by atoms with E-state index >= 15 is 0 Å². The van der Waals surface area contributed by atoms with E-state index in [9.17, 15) is 4.79 Å². The summed E-state index contributed by atoms with van der Waals surface area (Å²) in [6.07, 6.45) is 0. The highest BCUT2D eigenvalue weighted by Gasteiger charge is 2.14. The molecule has 0 spiro atoms. The summed E-state index contributed by atoms with van der Waals surface area (Å²) in [5.41, 5.74) is 3.01. The molecule has 162 valence electrons. The number of halogens is 2. The van der Waals surface area contributed by atoms with Crippen molar-refractivity contribution in [3.05, 3.63) is 93.9 Å². The zero-order valence-electron chi connectivity index (χ0n) is 16.9. The molecule has 4 aromatic carbocycles. The number of thiazole rings is 1. The van der Waals surface area contributed by atoms with Gasteiger partial charge in [0, 0.05) is 21.3 Å². The van der Waals surface area contributed by atoms with Crippen LogP contribution in [-0.2, 0) is 0 Å². The van der Waals surface area contributed by atoms with Gasteiger partial charge in [0.2, 0.25) is 0 Å². The molecule has 0 aliphatic heterocycles. The normalized spacial score (nSPS) is 11.0. The highest BCUT2D eigenvalue weighted by molar-refractivity contribution is 9.10. The SMILES string of the molecule is O=C(NC(=S)Nc1ccc(-c2nc3ccccc3s2)c(Cl)c1)c1cccc2c(Br)cccc12. The fourth-order valence-electron chi connectivity index (χ4n) is 3.56. The van der Waals surface area contributed by atoms with Crippen LogP contribution in [0.4, 0.5) is 5.69 Å². The maximum atomic E-state index is 12.9. The first-order chi connectivity index (χ1) is 16.0. The van der Waals surface area contributed by atoms with Crippen molar-refractivity contribution in [3.63, 3.8) is 0 Å². The molecule has 0 saturated heterocycles. The van der Waals surface area contributed by atoms with Crippen LogP contribution in [0.2, 0.25) is 5.02 Å². The fourth-order valence-corrected chi connectivity index (χ4v) is 5.60. The second kappa shape index (κ2) is 9.19. The van der Waals surface area contributed by atoms with Gasteiger partial charge in [0.1, 0.15) is 5.01 Å². The van der Waals surface area contributed by atoms with E-state index in [-0.39, 0.29) is 11.0 Å². The van der Waals surface area contributed by atoms with Gasteiger partial charge in [-0.3, -0.25) is 10.1 Å². The molecule has 0 saturated carbocycles. The molecule has 4 nitrogen and oxygen atoms in total. The highest BCUT2D eigenvalue weighted by atomic mass is 79.9. The summed E-state index contributed by atoms with van der Waals surface area (Å²) in [6.45, 7) is 0. The lowest BCUT2D eigenvalue weighted by atomic mass is 10.0. The van der Waals surface area contributed by atoms with Crippen molar-refractivity contribution >= 4 is 88.8 Å². The summed E-state index contributed by atoms with van der Waals surface area (Å²) in [5, 5.41) is 9.18. The summed E-state index contributed by atoms with van der Waals surface area (Å²) in [4.78, 5) is 17.5. The lowest BCUT2D eigenvalue weighted by molar-refractivity contribution is 0.0979. The number of nitrogens with one attached hydrogen (secondary N) is 2. The largest absolute Gasteiger partial charge is 0.332 e. The summed E-state index contributed by atoms with van der Waals surface area (Å²) < 4.78 is 2.04. The molecular weight excluding hydrogens is 538 g/mol. The number of hydrogen-bond acceptors (Lipinski definition) is 4. The van der Waals surface area contributed by atoms with E-state index in [0.29, 0.717) is 16.3 Å². The molecule has 0 bridgehead atoms. The molecule has 0 aliphatic rings. The van der Waals surface area contributed by atoms with Gasteiger partial charge in [0.15, 0.2) is 5.11 Å². The van der Waals surface area contributed by atoms with E-state index in [1.165, 1.54) is 0 Å². The van der Waals surface area contributed by atoms with E-state index in [2.05, 4.69) is 31.5 Å². The van der Waals surface area contributed by atoms with Crippen molar-refractivity contribution in [2.24, 2.45) is 0 Å². The number of fused-ring (bicyclic) bond motifs is 2. The average Bonchev–Trinajstić information content (AvgIpc) is 3.23. The molecule has 5 rings (SSSR count). The van der Waals surface area contributed by atoms with E-state index in [0.717, 1.165) is 36.0 Å². The van der Waals surface area contributed by atoms with Crippen LogP contribution in [0.5, 0.6) is 0 Å². The van der Waals surface area contributed by atoms with Crippen LogP contribution in [-0.4, -0.2) is 16.0 Å². The van der Waals surface area contributed by atoms with Gasteiger partial charge in [0.25, 0.3) is 5.91 Å². The third-order valence-corrected chi connectivity index (χ3v) is 7.37. The van der Waals surface area contributed by atoms with E-state index in [4.69, 9.17) is 23.8 Å². The smallest absolute Gasteiger partial charge is 0.258 e. The molecule has 8 heteroatoms. The van der Waals surface area contributed by atoms with Crippen molar-refractivity contribution in [3.8, 4) is 10.6 Å². The molecule has 1 heterocycles. The van der Waals surface area contributed by atoms with Crippen molar-refractivity contribution in [2.45, 2.75) is 0 Å². The Hall–Kier alpha value is -2.84. The molecule has 0 atom stereocenters. The molecule has 0 aliphatic carbocycles. The number of benzene rings is 4. The van der Waals surface area contributed by atoms with Crippen molar-refractivity contribution < 1.29 is 4.79 Å². The van der Waals surface area contributed by atoms with E-state index in [1.54, 1.807) is 23.5 Å². The Balaban J connectivity index is 1.33. The first-order valence-electron chi connectivity index (χ1n) is 9.95. The average molecular weight is 553 g/mol. The number of carbonyl (C=O) groups is 1. The predicted octanol–water partition coefficient (Wildman–Crippen LogP) is 7.66. The Bertz CT molecular complexity index is 1520. The highest BCUT2D eigenvalue weighted by Crippen LogP contribution is 2.35. The number of anilines is 1. The molecule has 0 unspecified atom stereocenters. The topological polar surface area (TPSA) is 54.0 Å². The van der Waals surface area contributed by atoms with Crippen molar-refractivity contribution in [1.82, 2.24) is 10.3 Å². The first-order valence-corrected chi connectivity index (χ1v) is 12.3. The van der Waals surface area contributed by atoms with Crippen LogP contribution in [0.25, 0.3) is 31.6 Å². The molecule has 1 amide bonds. The fraction of sp³-hybridized carbons (Fsp3) is 0. The third kappa shape index (κ3) is 4.50. The Kier molecular flexibility index (Phi) is 6.12. The maximum absolute atomic E-state index is 12.9. The van der Waals surface area contributed by atoms with E-state index < -0.39 is 0 Å². The van der Waals surface area contributed by atoms with Crippen LogP contribution in [0, 0.1) is 0 Å². The molecule has 33 heavy (non-hydrogen) atoms. The van der Waals surface area contributed by atoms with Crippen LogP contribution >= 0.6 is 51.1 Å². The zero-order valence-corrected chi connectivity index (χ0v) is 20.9. The first kappa shape index (κ1) is 22.0. The Morgan fingerprint density at radius 3 is 2.58 bits per heavy atom. The van der Waals surface area contributed by atoms with E-state index in [1.807, 2.05) is 66.7 Å². The van der Waals surface area contributed by atoms with Crippen molar-refractivity contribution in [1.29, 1.82) is 0 Å². The number of thiocarbonyl (C=S) groups is 1. The van der Waals surface area contributed by atoms with Gasteiger partial charge >= 0.3 is 0 Å². The number of aromatic nitrogens is 1. The van der Waals surface area contributed by atoms with Crippen LogP contribution in [0.3, 0.4) is 0 Å². The summed E-state index contributed by atoms with van der Waals surface area (Å²) >= 11 is 17.0. The van der Waals surface area contributed by atoms with Crippen LogP contribution in [0.1, 0.15) is 10.4 Å². The number of hydrogen-bond donors (Lipinski definition) is 2. The van der Waals surface area contributed by atoms with Crippen LogP contribution < -0.4 is 10.6 Å². The number of amides is 1. The van der Waals surface area contributed by atoms with Gasteiger partial charge in [-0.05, 0) is 65.5 Å². The summed E-state index contributed by atoms with van der Waals surface area (Å²) in [6, 6.07) is 24.8. The Morgan fingerprint density at radius 2 is 1.76 bits per heavy atom. The number of nitrogens with zero attached hydrogens (tertiary/aromatic N) is 1. The van der Waals surface area contributed by atoms with Gasteiger partial charge in [0.05, 0.1) is 15.2 Å². The molecule has 0 radical (unpaired) electrons. The number of rotatable bonds is 3. The van der Waals surface area contributed by atoms with Gasteiger partial charge in [-0.2, -0.15) is 0 Å². The molecule has 5 aromatic rings. The quantitative estimate of drug-likeness (QED) is 0.226. The summed E-state index contributed by atoms with van der Waals surface area (Å²) in [5.74, 6) is -0.284.